The molecule has 8 heteroatoms. The van der Waals surface area contributed by atoms with Crippen molar-refractivity contribution in [1.29, 1.82) is 0 Å². The number of ether oxygens (including phenoxy) is 1. The second-order valence-electron chi connectivity index (χ2n) is 5.29. The van der Waals surface area contributed by atoms with Gasteiger partial charge in [-0.2, -0.15) is 0 Å². The summed E-state index contributed by atoms with van der Waals surface area (Å²) in [5.41, 5.74) is 2.47. The number of nitrogens with zero attached hydrogens (tertiary/aromatic N) is 2. The van der Waals surface area contributed by atoms with Crippen molar-refractivity contribution in [2.45, 2.75) is 13.0 Å². The van der Waals surface area contributed by atoms with Crippen molar-refractivity contribution < 1.29 is 18.7 Å². The SMILES string of the molecule is COC(=O)C(C)NC(=O)Nc1ccc2oc(-c3cccnc3)nc2c1. The highest BCUT2D eigenvalue weighted by Gasteiger charge is 2.16. The first-order valence-corrected chi connectivity index (χ1v) is 7.53. The van der Waals surface area contributed by atoms with Crippen LogP contribution in [0.4, 0.5) is 10.5 Å². The lowest BCUT2D eigenvalue weighted by Gasteiger charge is -2.12. The predicted molar refractivity (Wildman–Crippen MR) is 90.9 cm³/mol. The zero-order valence-electron chi connectivity index (χ0n) is 13.6. The van der Waals surface area contributed by atoms with Crippen LogP contribution in [0.1, 0.15) is 6.92 Å². The Balaban J connectivity index is 1.75. The van der Waals surface area contributed by atoms with Gasteiger partial charge in [-0.15, -0.1) is 0 Å². The number of rotatable bonds is 4. The predicted octanol–water partition coefficient (Wildman–Crippen LogP) is 2.57. The number of oxazole rings is 1. The third kappa shape index (κ3) is 3.74. The summed E-state index contributed by atoms with van der Waals surface area (Å²) in [6.07, 6.45) is 3.33. The number of nitrogens with one attached hydrogen (secondary N) is 2. The van der Waals surface area contributed by atoms with E-state index >= 15 is 0 Å². The highest BCUT2D eigenvalue weighted by Crippen LogP contribution is 2.25. The fraction of sp³-hybridized carbons (Fsp3) is 0.176. The first-order chi connectivity index (χ1) is 12.1. The van der Waals surface area contributed by atoms with Gasteiger partial charge in [-0.1, -0.05) is 0 Å². The summed E-state index contributed by atoms with van der Waals surface area (Å²) in [5, 5.41) is 5.12. The Labute approximate surface area is 143 Å². The van der Waals surface area contributed by atoms with E-state index in [9.17, 15) is 9.59 Å². The molecule has 0 saturated carbocycles. The fourth-order valence-corrected chi connectivity index (χ4v) is 2.22. The Kier molecular flexibility index (Phi) is 4.60. The molecule has 0 fully saturated rings. The van der Waals surface area contributed by atoms with Crippen LogP contribution >= 0.6 is 0 Å². The van der Waals surface area contributed by atoms with Gasteiger partial charge in [-0.05, 0) is 37.3 Å². The standard InChI is InChI=1S/C17H16N4O4/c1-10(16(22)24-2)19-17(23)20-12-5-6-14-13(8-12)21-15(25-14)11-4-3-7-18-9-11/h3-10H,1-2H3,(H2,19,20,23). The quantitative estimate of drug-likeness (QED) is 0.707. The van der Waals surface area contributed by atoms with Crippen LogP contribution in [0.2, 0.25) is 0 Å². The summed E-state index contributed by atoms with van der Waals surface area (Å²) in [6, 6.07) is 7.44. The molecule has 2 aromatic heterocycles. The maximum atomic E-state index is 11.9. The maximum absolute atomic E-state index is 11.9. The lowest BCUT2D eigenvalue weighted by molar-refractivity contribution is -0.142. The molecular formula is C17H16N4O4. The van der Waals surface area contributed by atoms with Gasteiger partial charge in [0.2, 0.25) is 5.89 Å². The van der Waals surface area contributed by atoms with Crippen molar-refractivity contribution in [3.05, 3.63) is 42.7 Å². The number of hydrogen-bond acceptors (Lipinski definition) is 6. The summed E-state index contributed by atoms with van der Waals surface area (Å²) in [7, 11) is 1.26. The molecule has 3 aromatic rings. The third-order valence-electron chi connectivity index (χ3n) is 3.46. The number of esters is 1. The summed E-state index contributed by atoms with van der Waals surface area (Å²) < 4.78 is 10.2. The zero-order chi connectivity index (χ0) is 17.8. The number of anilines is 1. The summed E-state index contributed by atoms with van der Waals surface area (Å²) in [4.78, 5) is 31.7. The number of aromatic nitrogens is 2. The van der Waals surface area contributed by atoms with E-state index in [4.69, 9.17) is 4.42 Å². The van der Waals surface area contributed by atoms with Crippen molar-refractivity contribution in [1.82, 2.24) is 15.3 Å². The number of carbonyl (C=O) groups excluding carboxylic acids is 2. The molecule has 1 atom stereocenters. The highest BCUT2D eigenvalue weighted by molar-refractivity contribution is 5.94. The van der Waals surface area contributed by atoms with E-state index in [1.54, 1.807) is 36.7 Å². The molecule has 0 bridgehead atoms. The molecule has 2 amide bonds. The van der Waals surface area contributed by atoms with Crippen molar-refractivity contribution in [2.24, 2.45) is 0 Å². The molecule has 0 aliphatic carbocycles. The molecule has 0 radical (unpaired) electrons. The Hall–Kier alpha value is -3.42. The Morgan fingerprint density at radius 3 is 2.84 bits per heavy atom. The van der Waals surface area contributed by atoms with Gasteiger partial charge in [0.1, 0.15) is 11.6 Å². The van der Waals surface area contributed by atoms with E-state index in [1.807, 2.05) is 6.07 Å². The van der Waals surface area contributed by atoms with Crippen LogP contribution in [0.15, 0.2) is 47.1 Å². The van der Waals surface area contributed by atoms with Crippen LogP contribution in [0.25, 0.3) is 22.6 Å². The Bertz CT molecular complexity index is 907. The van der Waals surface area contributed by atoms with Gasteiger partial charge in [0.15, 0.2) is 5.58 Å². The molecule has 2 N–H and O–H groups in total. The van der Waals surface area contributed by atoms with Crippen molar-refractivity contribution in [2.75, 3.05) is 12.4 Å². The van der Waals surface area contributed by atoms with E-state index in [2.05, 4.69) is 25.3 Å². The van der Waals surface area contributed by atoms with Crippen LogP contribution in [0, 0.1) is 0 Å². The molecular weight excluding hydrogens is 324 g/mol. The highest BCUT2D eigenvalue weighted by atomic mass is 16.5. The molecule has 25 heavy (non-hydrogen) atoms. The molecule has 128 valence electrons. The normalized spacial score (nSPS) is 11.8. The first-order valence-electron chi connectivity index (χ1n) is 7.53. The van der Waals surface area contributed by atoms with Crippen molar-refractivity contribution >= 4 is 28.8 Å². The van der Waals surface area contributed by atoms with Gasteiger partial charge in [0.05, 0.1) is 12.7 Å². The van der Waals surface area contributed by atoms with E-state index < -0.39 is 18.0 Å². The molecule has 3 rings (SSSR count). The van der Waals surface area contributed by atoms with Gasteiger partial charge in [0, 0.05) is 18.1 Å². The lowest BCUT2D eigenvalue weighted by Crippen LogP contribution is -2.41. The zero-order valence-corrected chi connectivity index (χ0v) is 13.6. The maximum Gasteiger partial charge on any atom is 0.328 e. The average molecular weight is 340 g/mol. The van der Waals surface area contributed by atoms with Gasteiger partial charge >= 0.3 is 12.0 Å². The number of carbonyl (C=O) groups is 2. The Morgan fingerprint density at radius 1 is 1.28 bits per heavy atom. The van der Waals surface area contributed by atoms with Gasteiger partial charge in [0.25, 0.3) is 0 Å². The third-order valence-corrected chi connectivity index (χ3v) is 3.46. The fourth-order valence-electron chi connectivity index (χ4n) is 2.22. The second kappa shape index (κ2) is 7.00. The topological polar surface area (TPSA) is 106 Å². The van der Waals surface area contributed by atoms with Gasteiger partial charge in [-0.3, -0.25) is 4.98 Å². The molecule has 1 aromatic carbocycles. The first kappa shape index (κ1) is 16.4. The summed E-state index contributed by atoms with van der Waals surface area (Å²) in [6.45, 7) is 1.53. The van der Waals surface area contributed by atoms with Crippen molar-refractivity contribution in [3.8, 4) is 11.5 Å². The number of hydrogen-bond donors (Lipinski definition) is 2. The van der Waals surface area contributed by atoms with E-state index in [1.165, 1.54) is 14.0 Å². The molecule has 0 aliphatic rings. The van der Waals surface area contributed by atoms with E-state index in [0.29, 0.717) is 22.7 Å². The average Bonchev–Trinajstić information content (AvgIpc) is 3.05. The lowest BCUT2D eigenvalue weighted by atomic mass is 10.3. The summed E-state index contributed by atoms with van der Waals surface area (Å²) >= 11 is 0. The monoisotopic (exact) mass is 340 g/mol. The molecule has 2 heterocycles. The number of methoxy groups -OCH3 is 1. The number of pyridine rings is 1. The van der Waals surface area contributed by atoms with Gasteiger partial charge in [-0.25, -0.2) is 14.6 Å². The van der Waals surface area contributed by atoms with E-state index in [-0.39, 0.29) is 0 Å². The van der Waals surface area contributed by atoms with Crippen molar-refractivity contribution in [3.63, 3.8) is 0 Å². The number of fused-ring (bicyclic) bond motifs is 1. The van der Waals surface area contributed by atoms with Crippen LogP contribution in [-0.2, 0) is 9.53 Å². The number of amides is 2. The van der Waals surface area contributed by atoms with Crippen LogP contribution in [0.3, 0.4) is 0 Å². The molecule has 8 nitrogen and oxygen atoms in total. The smallest absolute Gasteiger partial charge is 0.328 e. The minimum absolute atomic E-state index is 0.448. The molecule has 0 aliphatic heterocycles. The van der Waals surface area contributed by atoms with Gasteiger partial charge < -0.3 is 19.8 Å². The Morgan fingerprint density at radius 2 is 2.12 bits per heavy atom. The van der Waals surface area contributed by atoms with Crippen LogP contribution in [0.5, 0.6) is 0 Å². The van der Waals surface area contributed by atoms with Crippen LogP contribution < -0.4 is 10.6 Å². The van der Waals surface area contributed by atoms with Crippen LogP contribution in [-0.4, -0.2) is 35.1 Å². The molecule has 0 spiro atoms. The largest absolute Gasteiger partial charge is 0.467 e. The number of urea groups is 1. The molecule has 1 unspecified atom stereocenters. The summed E-state index contributed by atoms with van der Waals surface area (Å²) in [5.74, 6) is -0.0766. The van der Waals surface area contributed by atoms with E-state index in [0.717, 1.165) is 5.56 Å². The minimum Gasteiger partial charge on any atom is -0.467 e. The minimum atomic E-state index is -0.752. The second-order valence-corrected chi connectivity index (χ2v) is 5.29. The number of benzene rings is 1. The molecule has 0 saturated heterocycles.